The van der Waals surface area contributed by atoms with Crippen molar-refractivity contribution in [2.75, 3.05) is 26.2 Å². The van der Waals surface area contributed by atoms with Gasteiger partial charge in [0.2, 0.25) is 11.8 Å². The number of piperidine rings is 1. The van der Waals surface area contributed by atoms with Gasteiger partial charge in [0.15, 0.2) is 0 Å². The monoisotopic (exact) mass is 405 g/mol. The van der Waals surface area contributed by atoms with Gasteiger partial charge >= 0.3 is 0 Å². The first kappa shape index (κ1) is 20.6. The number of hydrogen-bond acceptors (Lipinski definition) is 3. The highest BCUT2D eigenvalue weighted by Crippen LogP contribution is 2.33. The molecule has 30 heavy (non-hydrogen) atoms. The SMILES string of the molecule is O=C1CNC(=O)C2(CCN(CCCCc3ccccc3)CC2)N1Cc1ccccc1. The van der Waals surface area contributed by atoms with Crippen molar-refractivity contribution in [2.24, 2.45) is 0 Å². The Hall–Kier alpha value is -2.66. The van der Waals surface area contributed by atoms with E-state index in [0.717, 1.165) is 38.0 Å². The van der Waals surface area contributed by atoms with Crippen LogP contribution in [0.2, 0.25) is 0 Å². The van der Waals surface area contributed by atoms with Crippen molar-refractivity contribution in [3.05, 3.63) is 71.8 Å². The summed E-state index contributed by atoms with van der Waals surface area (Å²) in [6, 6.07) is 20.6. The van der Waals surface area contributed by atoms with Gasteiger partial charge in [0.25, 0.3) is 0 Å². The first-order valence-electron chi connectivity index (χ1n) is 11.1. The molecule has 2 amide bonds. The molecular formula is C25H31N3O2. The molecule has 1 N–H and O–H groups in total. The lowest BCUT2D eigenvalue weighted by molar-refractivity contribution is -0.158. The maximum Gasteiger partial charge on any atom is 0.246 e. The van der Waals surface area contributed by atoms with Crippen LogP contribution in [0.4, 0.5) is 0 Å². The highest BCUT2D eigenvalue weighted by atomic mass is 16.2. The highest BCUT2D eigenvalue weighted by Gasteiger charge is 2.50. The van der Waals surface area contributed by atoms with E-state index in [0.29, 0.717) is 19.4 Å². The number of hydrogen-bond donors (Lipinski definition) is 1. The Balaban J connectivity index is 1.33. The van der Waals surface area contributed by atoms with Crippen molar-refractivity contribution >= 4 is 11.8 Å². The minimum atomic E-state index is -0.703. The van der Waals surface area contributed by atoms with E-state index in [9.17, 15) is 9.59 Å². The molecule has 158 valence electrons. The van der Waals surface area contributed by atoms with E-state index in [2.05, 4.69) is 40.5 Å². The topological polar surface area (TPSA) is 52.7 Å². The Morgan fingerprint density at radius 2 is 1.47 bits per heavy atom. The fraction of sp³-hybridized carbons (Fsp3) is 0.440. The van der Waals surface area contributed by atoms with Crippen LogP contribution in [0.5, 0.6) is 0 Å². The Morgan fingerprint density at radius 1 is 0.833 bits per heavy atom. The molecule has 0 aromatic heterocycles. The molecule has 1 spiro atoms. The number of carbonyl (C=O) groups excluding carboxylic acids is 2. The predicted molar refractivity (Wildman–Crippen MR) is 118 cm³/mol. The lowest BCUT2D eigenvalue weighted by atomic mass is 9.82. The van der Waals surface area contributed by atoms with Crippen LogP contribution in [0.1, 0.15) is 36.8 Å². The minimum absolute atomic E-state index is 0.0155. The van der Waals surface area contributed by atoms with Crippen molar-refractivity contribution in [3.63, 3.8) is 0 Å². The van der Waals surface area contributed by atoms with Crippen molar-refractivity contribution in [1.82, 2.24) is 15.1 Å². The van der Waals surface area contributed by atoms with Crippen molar-refractivity contribution < 1.29 is 9.59 Å². The average Bonchev–Trinajstić information content (AvgIpc) is 2.79. The van der Waals surface area contributed by atoms with E-state index in [4.69, 9.17) is 0 Å². The Labute approximate surface area is 179 Å². The van der Waals surface area contributed by atoms with Crippen LogP contribution in [0, 0.1) is 0 Å². The predicted octanol–water partition coefficient (Wildman–Crippen LogP) is 3.00. The number of benzene rings is 2. The molecule has 5 heteroatoms. The third-order valence-electron chi connectivity index (χ3n) is 6.54. The summed E-state index contributed by atoms with van der Waals surface area (Å²) in [6.45, 7) is 3.38. The number of nitrogens with one attached hydrogen (secondary N) is 1. The molecule has 0 unspecified atom stereocenters. The summed E-state index contributed by atoms with van der Waals surface area (Å²) in [6.07, 6.45) is 4.85. The first-order chi connectivity index (χ1) is 14.7. The molecule has 2 aromatic rings. The summed E-state index contributed by atoms with van der Waals surface area (Å²) in [7, 11) is 0. The zero-order valence-corrected chi connectivity index (χ0v) is 17.6. The second kappa shape index (κ2) is 9.43. The largest absolute Gasteiger partial charge is 0.345 e. The molecule has 2 saturated heterocycles. The van der Waals surface area contributed by atoms with Crippen molar-refractivity contribution in [1.29, 1.82) is 0 Å². The summed E-state index contributed by atoms with van der Waals surface area (Å²) in [4.78, 5) is 29.9. The number of rotatable bonds is 7. The normalized spacial score (nSPS) is 19.1. The molecule has 2 aliphatic rings. The number of nitrogens with zero attached hydrogens (tertiary/aromatic N) is 2. The molecule has 2 heterocycles. The van der Waals surface area contributed by atoms with Crippen LogP contribution in [0.3, 0.4) is 0 Å². The van der Waals surface area contributed by atoms with E-state index >= 15 is 0 Å². The van der Waals surface area contributed by atoms with Crippen LogP contribution < -0.4 is 5.32 Å². The van der Waals surface area contributed by atoms with Gasteiger partial charge in [-0.2, -0.15) is 0 Å². The zero-order valence-electron chi connectivity index (χ0n) is 17.6. The average molecular weight is 406 g/mol. The molecular weight excluding hydrogens is 374 g/mol. The lowest BCUT2D eigenvalue weighted by Gasteiger charge is -2.50. The van der Waals surface area contributed by atoms with Crippen LogP contribution in [0.25, 0.3) is 0 Å². The van der Waals surface area contributed by atoms with Crippen LogP contribution in [-0.4, -0.2) is 53.3 Å². The first-order valence-corrected chi connectivity index (χ1v) is 11.1. The van der Waals surface area contributed by atoms with Crippen LogP contribution in [0.15, 0.2) is 60.7 Å². The number of carbonyl (C=O) groups is 2. The Morgan fingerprint density at radius 3 is 2.13 bits per heavy atom. The second-order valence-corrected chi connectivity index (χ2v) is 8.46. The third-order valence-corrected chi connectivity index (χ3v) is 6.54. The van der Waals surface area contributed by atoms with Gasteiger partial charge in [-0.15, -0.1) is 0 Å². The van der Waals surface area contributed by atoms with Gasteiger partial charge in [0, 0.05) is 19.6 Å². The summed E-state index contributed by atoms with van der Waals surface area (Å²) >= 11 is 0. The molecule has 0 aliphatic carbocycles. The standard InChI is InChI=1S/C25H31N3O2/c29-23-19-26-24(30)25(28(23)20-22-12-5-2-6-13-22)14-17-27(18-15-25)16-8-7-11-21-9-3-1-4-10-21/h1-6,9-10,12-13H,7-8,11,14-20H2,(H,26,30). The second-order valence-electron chi connectivity index (χ2n) is 8.46. The number of piperazine rings is 1. The number of amides is 2. The summed E-state index contributed by atoms with van der Waals surface area (Å²) < 4.78 is 0. The highest BCUT2D eigenvalue weighted by molar-refractivity contribution is 5.98. The minimum Gasteiger partial charge on any atom is -0.345 e. The molecule has 2 aromatic carbocycles. The fourth-order valence-electron chi connectivity index (χ4n) is 4.74. The molecule has 4 rings (SSSR count). The van der Waals surface area contributed by atoms with Gasteiger partial charge in [0.05, 0.1) is 6.54 Å². The fourth-order valence-corrected chi connectivity index (χ4v) is 4.74. The van der Waals surface area contributed by atoms with Crippen molar-refractivity contribution in [3.8, 4) is 0 Å². The molecule has 0 saturated carbocycles. The van der Waals surface area contributed by atoms with E-state index in [-0.39, 0.29) is 18.4 Å². The maximum absolute atomic E-state index is 12.9. The Bertz CT molecular complexity index is 845. The summed E-state index contributed by atoms with van der Waals surface area (Å²) in [5.41, 5.74) is 1.76. The van der Waals surface area contributed by atoms with Gasteiger partial charge in [-0.3, -0.25) is 9.59 Å². The number of likely N-dealkylation sites (tertiary alicyclic amines) is 1. The number of unbranched alkanes of at least 4 members (excludes halogenated alkanes) is 1. The quantitative estimate of drug-likeness (QED) is 0.721. The van der Waals surface area contributed by atoms with Gasteiger partial charge in [-0.25, -0.2) is 0 Å². The van der Waals surface area contributed by atoms with Gasteiger partial charge in [-0.05, 0) is 49.8 Å². The van der Waals surface area contributed by atoms with Gasteiger partial charge in [-0.1, -0.05) is 60.7 Å². The van der Waals surface area contributed by atoms with E-state index in [1.165, 1.54) is 12.0 Å². The van der Waals surface area contributed by atoms with Crippen LogP contribution in [-0.2, 0) is 22.6 Å². The smallest absolute Gasteiger partial charge is 0.246 e. The van der Waals surface area contributed by atoms with Gasteiger partial charge in [0.1, 0.15) is 5.54 Å². The summed E-state index contributed by atoms with van der Waals surface area (Å²) in [5.74, 6) is 0.0384. The molecule has 2 aliphatic heterocycles. The molecule has 2 fully saturated rings. The van der Waals surface area contributed by atoms with E-state index < -0.39 is 5.54 Å². The maximum atomic E-state index is 12.9. The molecule has 0 atom stereocenters. The van der Waals surface area contributed by atoms with E-state index in [1.807, 2.05) is 35.2 Å². The lowest BCUT2D eigenvalue weighted by Crippen LogP contribution is -2.69. The number of aryl methyl sites for hydroxylation is 1. The van der Waals surface area contributed by atoms with Crippen LogP contribution >= 0.6 is 0 Å². The van der Waals surface area contributed by atoms with Crippen molar-refractivity contribution in [2.45, 2.75) is 44.2 Å². The molecule has 0 bridgehead atoms. The Kier molecular flexibility index (Phi) is 6.48. The third kappa shape index (κ3) is 4.57. The summed E-state index contributed by atoms with van der Waals surface area (Å²) in [5, 5.41) is 2.84. The zero-order chi connectivity index (χ0) is 20.8. The van der Waals surface area contributed by atoms with E-state index in [1.54, 1.807) is 0 Å². The molecule has 0 radical (unpaired) electrons. The van der Waals surface area contributed by atoms with Gasteiger partial charge < -0.3 is 15.1 Å². The molecule has 5 nitrogen and oxygen atoms in total.